The molecule has 1 atom stereocenters. The van der Waals surface area contributed by atoms with Crippen LogP contribution in [0.4, 0.5) is 5.82 Å². The van der Waals surface area contributed by atoms with Gasteiger partial charge in [0.15, 0.2) is 0 Å². The van der Waals surface area contributed by atoms with Gasteiger partial charge in [-0.05, 0) is 49.3 Å². The van der Waals surface area contributed by atoms with Crippen LogP contribution in [-0.2, 0) is 0 Å². The zero-order valence-electron chi connectivity index (χ0n) is 9.20. The summed E-state index contributed by atoms with van der Waals surface area (Å²) in [4.78, 5) is 2.33. The number of piperidine rings is 1. The molecule has 0 radical (unpaired) electrons. The molecule has 0 amide bonds. The number of anilines is 1. The SMILES string of the molecule is Cc1nn(C2CCCN(C)C2)c(N)c1Br. The van der Waals surface area contributed by atoms with Gasteiger partial charge in [-0.25, -0.2) is 4.68 Å². The maximum Gasteiger partial charge on any atom is 0.136 e. The molecule has 4 nitrogen and oxygen atoms in total. The number of aromatic nitrogens is 2. The molecule has 0 aromatic carbocycles. The second kappa shape index (κ2) is 4.14. The summed E-state index contributed by atoms with van der Waals surface area (Å²) >= 11 is 3.46. The summed E-state index contributed by atoms with van der Waals surface area (Å²) in [7, 11) is 2.15. The average Bonchev–Trinajstić information content (AvgIpc) is 2.46. The number of hydrogen-bond donors (Lipinski definition) is 1. The monoisotopic (exact) mass is 272 g/mol. The number of rotatable bonds is 1. The van der Waals surface area contributed by atoms with Gasteiger partial charge in [0.05, 0.1) is 16.2 Å². The van der Waals surface area contributed by atoms with E-state index in [9.17, 15) is 0 Å². The van der Waals surface area contributed by atoms with Gasteiger partial charge in [-0.3, -0.25) is 0 Å². The van der Waals surface area contributed by atoms with Gasteiger partial charge < -0.3 is 10.6 Å². The van der Waals surface area contributed by atoms with E-state index in [-0.39, 0.29) is 0 Å². The Labute approximate surface area is 98.6 Å². The normalized spacial score (nSPS) is 23.3. The minimum atomic E-state index is 0.425. The maximum absolute atomic E-state index is 6.01. The van der Waals surface area contributed by atoms with Crippen molar-refractivity contribution in [3.05, 3.63) is 10.2 Å². The van der Waals surface area contributed by atoms with Crippen molar-refractivity contribution in [2.75, 3.05) is 25.9 Å². The molecule has 84 valence electrons. The summed E-state index contributed by atoms with van der Waals surface area (Å²) in [6.07, 6.45) is 2.39. The van der Waals surface area contributed by atoms with E-state index in [2.05, 4.69) is 33.0 Å². The van der Waals surface area contributed by atoms with Crippen LogP contribution in [0, 0.1) is 6.92 Å². The van der Waals surface area contributed by atoms with Crippen LogP contribution in [-0.4, -0.2) is 34.8 Å². The predicted octanol–water partition coefficient (Wildman–Crippen LogP) is 1.80. The highest BCUT2D eigenvalue weighted by molar-refractivity contribution is 9.10. The molecule has 2 rings (SSSR count). The van der Waals surface area contributed by atoms with Crippen molar-refractivity contribution in [1.82, 2.24) is 14.7 Å². The van der Waals surface area contributed by atoms with Crippen molar-refractivity contribution in [3.8, 4) is 0 Å². The number of aryl methyl sites for hydroxylation is 1. The Kier molecular flexibility index (Phi) is 3.02. The first-order valence-corrected chi connectivity index (χ1v) is 6.07. The van der Waals surface area contributed by atoms with Gasteiger partial charge in [0.25, 0.3) is 0 Å². The summed E-state index contributed by atoms with van der Waals surface area (Å²) in [6, 6.07) is 0.425. The molecule has 2 heterocycles. The molecule has 0 bridgehead atoms. The van der Waals surface area contributed by atoms with Crippen molar-refractivity contribution in [3.63, 3.8) is 0 Å². The molecule has 1 aromatic rings. The Balaban J connectivity index is 2.25. The summed E-state index contributed by atoms with van der Waals surface area (Å²) in [6.45, 7) is 4.19. The van der Waals surface area contributed by atoms with Gasteiger partial charge >= 0.3 is 0 Å². The lowest BCUT2D eigenvalue weighted by Gasteiger charge is -2.30. The number of hydrogen-bond acceptors (Lipinski definition) is 3. The number of halogens is 1. The van der Waals surface area contributed by atoms with Gasteiger partial charge in [0.2, 0.25) is 0 Å². The lowest BCUT2D eigenvalue weighted by atomic mass is 10.1. The highest BCUT2D eigenvalue weighted by Crippen LogP contribution is 2.29. The Morgan fingerprint density at radius 2 is 2.27 bits per heavy atom. The zero-order valence-corrected chi connectivity index (χ0v) is 10.8. The first kappa shape index (κ1) is 11.0. The molecule has 5 heteroatoms. The van der Waals surface area contributed by atoms with Crippen LogP contribution >= 0.6 is 15.9 Å². The minimum absolute atomic E-state index is 0.425. The zero-order chi connectivity index (χ0) is 11.0. The smallest absolute Gasteiger partial charge is 0.136 e. The van der Waals surface area contributed by atoms with Crippen LogP contribution in [0.5, 0.6) is 0 Å². The third-order valence-electron chi connectivity index (χ3n) is 2.99. The van der Waals surface area contributed by atoms with Crippen LogP contribution in [0.25, 0.3) is 0 Å². The van der Waals surface area contributed by atoms with Crippen LogP contribution in [0.1, 0.15) is 24.6 Å². The molecule has 0 saturated carbocycles. The maximum atomic E-state index is 6.01. The van der Waals surface area contributed by atoms with Gasteiger partial charge in [-0.2, -0.15) is 5.10 Å². The van der Waals surface area contributed by atoms with E-state index in [0.717, 1.165) is 22.5 Å². The molecule has 1 aliphatic heterocycles. The van der Waals surface area contributed by atoms with E-state index in [1.807, 2.05) is 11.6 Å². The molecule has 0 aliphatic carbocycles. The summed E-state index contributed by atoms with van der Waals surface area (Å²) in [5.74, 6) is 0.757. The van der Waals surface area contributed by atoms with Crippen molar-refractivity contribution < 1.29 is 0 Å². The molecule has 1 fully saturated rings. The molecule has 0 spiro atoms. The summed E-state index contributed by atoms with van der Waals surface area (Å²) in [5, 5.41) is 4.49. The second-order valence-electron chi connectivity index (χ2n) is 4.29. The first-order valence-electron chi connectivity index (χ1n) is 5.28. The van der Waals surface area contributed by atoms with Crippen LogP contribution in [0.2, 0.25) is 0 Å². The average molecular weight is 273 g/mol. The fourth-order valence-corrected chi connectivity index (χ4v) is 2.42. The number of likely N-dealkylation sites (tertiary alicyclic amines) is 1. The van der Waals surface area contributed by atoms with Crippen LogP contribution in [0.3, 0.4) is 0 Å². The Morgan fingerprint density at radius 1 is 1.53 bits per heavy atom. The van der Waals surface area contributed by atoms with E-state index >= 15 is 0 Å². The standard InChI is InChI=1S/C10H17BrN4/c1-7-9(11)10(12)15(13-7)8-4-3-5-14(2)6-8/h8H,3-6,12H2,1-2H3. The van der Waals surface area contributed by atoms with Crippen molar-refractivity contribution in [2.45, 2.75) is 25.8 Å². The lowest BCUT2D eigenvalue weighted by molar-refractivity contribution is 0.204. The number of likely N-dealkylation sites (N-methyl/N-ethyl adjacent to an activating group) is 1. The van der Waals surface area contributed by atoms with E-state index in [0.29, 0.717) is 6.04 Å². The highest BCUT2D eigenvalue weighted by atomic mass is 79.9. The molecular formula is C10H17BrN4. The molecule has 1 saturated heterocycles. The van der Waals surface area contributed by atoms with Crippen molar-refractivity contribution in [1.29, 1.82) is 0 Å². The Hall–Kier alpha value is -0.550. The largest absolute Gasteiger partial charge is 0.383 e. The fraction of sp³-hybridized carbons (Fsp3) is 0.700. The van der Waals surface area contributed by atoms with Crippen molar-refractivity contribution in [2.24, 2.45) is 0 Å². The molecule has 1 unspecified atom stereocenters. The number of nitrogens with zero attached hydrogens (tertiary/aromatic N) is 3. The number of nitrogens with two attached hydrogens (primary N) is 1. The fourth-order valence-electron chi connectivity index (χ4n) is 2.16. The topological polar surface area (TPSA) is 47.1 Å². The van der Waals surface area contributed by atoms with E-state index < -0.39 is 0 Å². The Bertz CT molecular complexity index is 361. The summed E-state index contributed by atoms with van der Waals surface area (Å²) < 4.78 is 2.91. The molecule has 2 N–H and O–H groups in total. The quantitative estimate of drug-likeness (QED) is 0.848. The lowest BCUT2D eigenvalue weighted by Crippen LogP contribution is -2.34. The number of nitrogen functional groups attached to an aromatic ring is 1. The van der Waals surface area contributed by atoms with Crippen molar-refractivity contribution >= 4 is 21.7 Å². The molecule has 1 aliphatic rings. The van der Waals surface area contributed by atoms with Crippen LogP contribution in [0.15, 0.2) is 4.47 Å². The van der Waals surface area contributed by atoms with E-state index in [1.165, 1.54) is 19.4 Å². The van der Waals surface area contributed by atoms with Gasteiger partial charge in [-0.15, -0.1) is 0 Å². The third-order valence-corrected chi connectivity index (χ3v) is 3.97. The predicted molar refractivity (Wildman–Crippen MR) is 64.8 cm³/mol. The molecule has 1 aromatic heterocycles. The van der Waals surface area contributed by atoms with Gasteiger partial charge in [-0.1, -0.05) is 0 Å². The molecule has 15 heavy (non-hydrogen) atoms. The van der Waals surface area contributed by atoms with Gasteiger partial charge in [0.1, 0.15) is 5.82 Å². The van der Waals surface area contributed by atoms with Gasteiger partial charge in [0, 0.05) is 6.54 Å². The summed E-state index contributed by atoms with van der Waals surface area (Å²) in [5.41, 5.74) is 6.99. The second-order valence-corrected chi connectivity index (χ2v) is 5.08. The van der Waals surface area contributed by atoms with E-state index in [1.54, 1.807) is 0 Å². The highest BCUT2D eigenvalue weighted by Gasteiger charge is 2.22. The molecular weight excluding hydrogens is 256 g/mol. The Morgan fingerprint density at radius 3 is 2.80 bits per heavy atom. The minimum Gasteiger partial charge on any atom is -0.383 e. The first-order chi connectivity index (χ1) is 7.09. The van der Waals surface area contributed by atoms with E-state index in [4.69, 9.17) is 5.73 Å². The van der Waals surface area contributed by atoms with Crippen LogP contribution < -0.4 is 5.73 Å². The third kappa shape index (κ3) is 2.03.